The molecule has 0 aliphatic heterocycles. The number of ketones is 1. The standard InChI is InChI=1S/C11H12N2O/c1-7-4-5-9-10(8(2)14)6-13(3)11(9)12-7/h4-6H,1-3H3. The van der Waals surface area contributed by atoms with E-state index in [2.05, 4.69) is 4.98 Å². The molecule has 3 heteroatoms. The minimum absolute atomic E-state index is 0.0845. The first kappa shape index (κ1) is 8.94. The fourth-order valence-electron chi connectivity index (χ4n) is 1.63. The van der Waals surface area contributed by atoms with Crippen molar-refractivity contribution in [1.82, 2.24) is 9.55 Å². The summed E-state index contributed by atoms with van der Waals surface area (Å²) in [6.45, 7) is 3.52. The average molecular weight is 188 g/mol. The summed E-state index contributed by atoms with van der Waals surface area (Å²) in [6.07, 6.45) is 1.83. The Kier molecular flexibility index (Phi) is 1.88. The predicted molar refractivity (Wildman–Crippen MR) is 55.5 cm³/mol. The van der Waals surface area contributed by atoms with Crippen LogP contribution in [-0.4, -0.2) is 15.3 Å². The summed E-state index contributed by atoms with van der Waals surface area (Å²) in [5.41, 5.74) is 2.58. The van der Waals surface area contributed by atoms with E-state index in [1.165, 1.54) is 0 Å². The van der Waals surface area contributed by atoms with Crippen molar-refractivity contribution in [2.24, 2.45) is 7.05 Å². The SMILES string of the molecule is CC(=O)c1cn(C)c2nc(C)ccc12. The van der Waals surface area contributed by atoms with Gasteiger partial charge in [-0.2, -0.15) is 0 Å². The van der Waals surface area contributed by atoms with Gasteiger partial charge in [-0.15, -0.1) is 0 Å². The van der Waals surface area contributed by atoms with Crippen LogP contribution in [0.4, 0.5) is 0 Å². The fraction of sp³-hybridized carbons (Fsp3) is 0.273. The molecule has 0 atom stereocenters. The number of hydrogen-bond donors (Lipinski definition) is 0. The lowest BCUT2D eigenvalue weighted by Gasteiger charge is -1.96. The van der Waals surface area contributed by atoms with E-state index in [4.69, 9.17) is 0 Å². The maximum absolute atomic E-state index is 11.3. The van der Waals surface area contributed by atoms with Crippen LogP contribution in [-0.2, 0) is 7.05 Å². The monoisotopic (exact) mass is 188 g/mol. The zero-order valence-corrected chi connectivity index (χ0v) is 8.53. The fourth-order valence-corrected chi connectivity index (χ4v) is 1.63. The van der Waals surface area contributed by atoms with E-state index in [-0.39, 0.29) is 5.78 Å². The van der Waals surface area contributed by atoms with Crippen molar-refractivity contribution in [2.45, 2.75) is 13.8 Å². The van der Waals surface area contributed by atoms with Gasteiger partial charge in [-0.05, 0) is 26.0 Å². The first-order chi connectivity index (χ1) is 6.59. The molecule has 0 radical (unpaired) electrons. The Balaban J connectivity index is 2.84. The lowest BCUT2D eigenvalue weighted by Crippen LogP contribution is -1.89. The number of aromatic nitrogens is 2. The third-order valence-corrected chi connectivity index (χ3v) is 2.34. The largest absolute Gasteiger partial charge is 0.335 e. The number of pyridine rings is 1. The summed E-state index contributed by atoms with van der Waals surface area (Å²) in [6, 6.07) is 3.88. The van der Waals surface area contributed by atoms with Gasteiger partial charge in [0.05, 0.1) is 0 Å². The summed E-state index contributed by atoms with van der Waals surface area (Å²) in [4.78, 5) is 15.7. The first-order valence-corrected chi connectivity index (χ1v) is 4.53. The molecular formula is C11H12N2O. The molecule has 0 saturated carbocycles. The highest BCUT2D eigenvalue weighted by Gasteiger charge is 2.10. The highest BCUT2D eigenvalue weighted by atomic mass is 16.1. The van der Waals surface area contributed by atoms with E-state index in [1.54, 1.807) is 6.92 Å². The molecular weight excluding hydrogens is 176 g/mol. The Labute approximate surface area is 82.4 Å². The van der Waals surface area contributed by atoms with Crippen LogP contribution in [0.1, 0.15) is 23.0 Å². The van der Waals surface area contributed by atoms with E-state index in [9.17, 15) is 4.79 Å². The lowest BCUT2D eigenvalue weighted by atomic mass is 10.1. The Morgan fingerprint density at radius 2 is 2.14 bits per heavy atom. The molecule has 0 unspecified atom stereocenters. The molecule has 2 heterocycles. The number of Topliss-reactive ketones (excluding diaryl/α,β-unsaturated/α-hetero) is 1. The van der Waals surface area contributed by atoms with Crippen molar-refractivity contribution >= 4 is 16.8 Å². The number of aryl methyl sites for hydroxylation is 2. The highest BCUT2D eigenvalue weighted by molar-refractivity contribution is 6.06. The number of hydrogen-bond acceptors (Lipinski definition) is 2. The van der Waals surface area contributed by atoms with Gasteiger partial charge in [0.1, 0.15) is 5.65 Å². The number of rotatable bonds is 1. The summed E-state index contributed by atoms with van der Waals surface area (Å²) in [5, 5.41) is 0.936. The van der Waals surface area contributed by atoms with Gasteiger partial charge in [0.15, 0.2) is 5.78 Å². The van der Waals surface area contributed by atoms with Gasteiger partial charge in [-0.1, -0.05) is 0 Å². The normalized spacial score (nSPS) is 10.8. The average Bonchev–Trinajstić information content (AvgIpc) is 2.44. The van der Waals surface area contributed by atoms with Gasteiger partial charge in [-0.25, -0.2) is 4.98 Å². The summed E-state index contributed by atoms with van der Waals surface area (Å²) in [5.74, 6) is 0.0845. The Hall–Kier alpha value is -1.64. The molecule has 0 spiro atoms. The molecule has 0 saturated heterocycles. The molecule has 2 aromatic rings. The molecule has 3 nitrogen and oxygen atoms in total. The quantitative estimate of drug-likeness (QED) is 0.642. The van der Waals surface area contributed by atoms with Crippen molar-refractivity contribution < 1.29 is 4.79 Å². The van der Waals surface area contributed by atoms with Crippen molar-refractivity contribution in [2.75, 3.05) is 0 Å². The molecule has 0 amide bonds. The molecule has 0 bridgehead atoms. The lowest BCUT2D eigenvalue weighted by molar-refractivity contribution is 0.101. The van der Waals surface area contributed by atoms with Crippen LogP contribution in [0.5, 0.6) is 0 Å². The van der Waals surface area contributed by atoms with Gasteiger partial charge in [-0.3, -0.25) is 4.79 Å². The number of nitrogens with zero attached hydrogens (tertiary/aromatic N) is 2. The highest BCUT2D eigenvalue weighted by Crippen LogP contribution is 2.19. The molecule has 2 rings (SSSR count). The van der Waals surface area contributed by atoms with Crippen LogP contribution in [0.15, 0.2) is 18.3 Å². The summed E-state index contributed by atoms with van der Waals surface area (Å²) < 4.78 is 1.89. The summed E-state index contributed by atoms with van der Waals surface area (Å²) >= 11 is 0. The van der Waals surface area contributed by atoms with Crippen LogP contribution >= 0.6 is 0 Å². The van der Waals surface area contributed by atoms with Crippen molar-refractivity contribution in [3.63, 3.8) is 0 Å². The van der Waals surface area contributed by atoms with Gasteiger partial charge in [0.2, 0.25) is 0 Å². The van der Waals surface area contributed by atoms with Crippen LogP contribution in [0, 0.1) is 6.92 Å². The van der Waals surface area contributed by atoms with Crippen molar-refractivity contribution in [1.29, 1.82) is 0 Å². The maximum atomic E-state index is 11.3. The van der Waals surface area contributed by atoms with Gasteiger partial charge >= 0.3 is 0 Å². The molecule has 0 aromatic carbocycles. The third-order valence-electron chi connectivity index (χ3n) is 2.34. The number of carbonyl (C=O) groups excluding carboxylic acids is 1. The zero-order valence-electron chi connectivity index (χ0n) is 8.53. The molecule has 0 fully saturated rings. The van der Waals surface area contributed by atoms with E-state index in [1.807, 2.05) is 36.9 Å². The maximum Gasteiger partial charge on any atom is 0.162 e. The molecule has 0 N–H and O–H groups in total. The second-order valence-electron chi connectivity index (χ2n) is 3.53. The Morgan fingerprint density at radius 3 is 2.79 bits per heavy atom. The van der Waals surface area contributed by atoms with E-state index in [0.717, 1.165) is 22.3 Å². The second-order valence-corrected chi connectivity index (χ2v) is 3.53. The van der Waals surface area contributed by atoms with Gasteiger partial charge in [0, 0.05) is 29.9 Å². The molecule has 0 aliphatic rings. The van der Waals surface area contributed by atoms with Crippen molar-refractivity contribution in [3.05, 3.63) is 29.6 Å². The topological polar surface area (TPSA) is 34.9 Å². The van der Waals surface area contributed by atoms with E-state index < -0.39 is 0 Å². The molecule has 72 valence electrons. The van der Waals surface area contributed by atoms with Crippen LogP contribution in [0.2, 0.25) is 0 Å². The molecule has 0 aliphatic carbocycles. The number of fused-ring (bicyclic) bond motifs is 1. The third kappa shape index (κ3) is 1.21. The molecule has 14 heavy (non-hydrogen) atoms. The van der Waals surface area contributed by atoms with E-state index in [0.29, 0.717) is 0 Å². The van der Waals surface area contributed by atoms with Crippen molar-refractivity contribution in [3.8, 4) is 0 Å². The van der Waals surface area contributed by atoms with Crippen LogP contribution < -0.4 is 0 Å². The van der Waals surface area contributed by atoms with E-state index >= 15 is 0 Å². The minimum atomic E-state index is 0.0845. The predicted octanol–water partition coefficient (Wildman–Crippen LogP) is 2.08. The smallest absolute Gasteiger partial charge is 0.162 e. The first-order valence-electron chi connectivity index (χ1n) is 4.53. The second kappa shape index (κ2) is 2.94. The zero-order chi connectivity index (χ0) is 10.3. The summed E-state index contributed by atoms with van der Waals surface area (Å²) in [7, 11) is 1.90. The number of carbonyl (C=O) groups is 1. The minimum Gasteiger partial charge on any atom is -0.335 e. The molecule has 2 aromatic heterocycles. The Bertz CT molecular complexity index is 511. The van der Waals surface area contributed by atoms with Gasteiger partial charge in [0.25, 0.3) is 0 Å². The Morgan fingerprint density at radius 1 is 1.43 bits per heavy atom. The van der Waals surface area contributed by atoms with Gasteiger partial charge < -0.3 is 4.57 Å². The van der Waals surface area contributed by atoms with Crippen LogP contribution in [0.25, 0.3) is 11.0 Å². The van der Waals surface area contributed by atoms with Crippen LogP contribution in [0.3, 0.4) is 0 Å².